The molecule has 3 heterocycles. The summed E-state index contributed by atoms with van der Waals surface area (Å²) in [6.07, 6.45) is 1.91. The SMILES string of the molecule is CO[C@@]1(NC(=O)CCCC(N)C(=O)O)C(=O)N2C(C(=O)O)=C(CSc3ccccn3)CS[C@H]21. The molecule has 0 spiro atoms. The van der Waals surface area contributed by atoms with Gasteiger partial charge in [0.2, 0.25) is 5.91 Å². The van der Waals surface area contributed by atoms with Gasteiger partial charge in [-0.15, -0.1) is 23.5 Å². The lowest BCUT2D eigenvalue weighted by Crippen LogP contribution is -2.80. The number of aliphatic carboxylic acids is 2. The van der Waals surface area contributed by atoms with E-state index in [4.69, 9.17) is 15.6 Å². The number of pyridine rings is 1. The van der Waals surface area contributed by atoms with Gasteiger partial charge in [0.25, 0.3) is 11.6 Å². The highest BCUT2D eigenvalue weighted by Gasteiger charge is 2.66. The summed E-state index contributed by atoms with van der Waals surface area (Å²) in [5.41, 5.74) is 4.22. The van der Waals surface area contributed by atoms with Crippen molar-refractivity contribution >= 4 is 47.3 Å². The van der Waals surface area contributed by atoms with Gasteiger partial charge in [0, 0.05) is 31.2 Å². The zero-order chi connectivity index (χ0) is 24.2. The number of rotatable bonds is 11. The van der Waals surface area contributed by atoms with E-state index in [1.165, 1.54) is 30.6 Å². The molecule has 3 atom stereocenters. The number of nitrogens with zero attached hydrogens (tertiary/aromatic N) is 2. The smallest absolute Gasteiger partial charge is 0.352 e. The Morgan fingerprint density at radius 1 is 1.42 bits per heavy atom. The second kappa shape index (κ2) is 10.5. The van der Waals surface area contributed by atoms with Crippen LogP contribution in [0.1, 0.15) is 19.3 Å². The lowest BCUT2D eigenvalue weighted by atomic mass is 9.98. The molecular formula is C20H24N4O7S2. The third-order valence-electron chi connectivity index (χ3n) is 5.23. The third kappa shape index (κ3) is 5.16. The molecule has 1 aromatic rings. The lowest BCUT2D eigenvalue weighted by molar-refractivity contribution is -0.192. The molecule has 1 aromatic heterocycles. The van der Waals surface area contributed by atoms with E-state index in [-0.39, 0.29) is 25.0 Å². The van der Waals surface area contributed by atoms with Crippen LogP contribution >= 0.6 is 23.5 Å². The van der Waals surface area contributed by atoms with Crippen molar-refractivity contribution in [3.05, 3.63) is 35.7 Å². The van der Waals surface area contributed by atoms with Crippen molar-refractivity contribution < 1.29 is 34.1 Å². The largest absolute Gasteiger partial charge is 0.480 e. The van der Waals surface area contributed by atoms with Crippen LogP contribution in [0.15, 0.2) is 40.7 Å². The molecule has 0 aromatic carbocycles. The van der Waals surface area contributed by atoms with Crippen LogP contribution in [0, 0.1) is 0 Å². The fourth-order valence-electron chi connectivity index (χ4n) is 3.52. The first-order valence-corrected chi connectivity index (χ1v) is 12.0. The molecule has 33 heavy (non-hydrogen) atoms. The van der Waals surface area contributed by atoms with Gasteiger partial charge in [0.05, 0.1) is 5.03 Å². The van der Waals surface area contributed by atoms with Crippen LogP contribution in [0.2, 0.25) is 0 Å². The minimum atomic E-state index is -1.68. The number of carbonyl (C=O) groups excluding carboxylic acids is 2. The molecule has 11 nitrogen and oxygen atoms in total. The summed E-state index contributed by atoms with van der Waals surface area (Å²) < 4.78 is 5.39. The Balaban J connectivity index is 1.70. The summed E-state index contributed by atoms with van der Waals surface area (Å²) in [5.74, 6) is -2.89. The van der Waals surface area contributed by atoms with Crippen LogP contribution in [-0.4, -0.2) is 79.6 Å². The highest BCUT2D eigenvalue weighted by atomic mass is 32.2. The molecular weight excluding hydrogens is 472 g/mol. The number of β-lactam (4-membered cyclic amide) rings is 1. The van der Waals surface area contributed by atoms with Crippen molar-refractivity contribution in [3.8, 4) is 0 Å². The Labute approximate surface area is 198 Å². The molecule has 1 saturated heterocycles. The van der Waals surface area contributed by atoms with E-state index in [2.05, 4.69) is 10.3 Å². The van der Waals surface area contributed by atoms with Gasteiger partial charge < -0.3 is 26.0 Å². The molecule has 2 aliphatic heterocycles. The van der Waals surface area contributed by atoms with Crippen LogP contribution < -0.4 is 11.1 Å². The number of hydrogen-bond acceptors (Lipinski definition) is 9. The number of ether oxygens (including phenoxy) is 1. The van der Waals surface area contributed by atoms with E-state index < -0.39 is 40.9 Å². The van der Waals surface area contributed by atoms with Crippen molar-refractivity contribution in [2.75, 3.05) is 18.6 Å². The first kappa shape index (κ1) is 25.0. The van der Waals surface area contributed by atoms with Gasteiger partial charge in [-0.1, -0.05) is 6.07 Å². The summed E-state index contributed by atoms with van der Waals surface area (Å²) in [4.78, 5) is 53.6. The van der Waals surface area contributed by atoms with Crippen LogP contribution in [0.4, 0.5) is 0 Å². The first-order chi connectivity index (χ1) is 15.7. The van der Waals surface area contributed by atoms with Gasteiger partial charge in [0.15, 0.2) is 0 Å². The van der Waals surface area contributed by atoms with E-state index in [0.29, 0.717) is 17.1 Å². The van der Waals surface area contributed by atoms with Crippen LogP contribution in [-0.2, 0) is 23.9 Å². The van der Waals surface area contributed by atoms with Crippen molar-refractivity contribution in [2.45, 2.75) is 41.4 Å². The summed E-state index contributed by atoms with van der Waals surface area (Å²) >= 11 is 2.67. The minimum Gasteiger partial charge on any atom is -0.480 e. The molecule has 0 bridgehead atoms. The highest BCUT2D eigenvalue weighted by molar-refractivity contribution is 8.01. The predicted molar refractivity (Wildman–Crippen MR) is 120 cm³/mol. The second-order valence-corrected chi connectivity index (χ2v) is 9.44. The van der Waals surface area contributed by atoms with E-state index in [1.54, 1.807) is 12.3 Å². The number of carbonyl (C=O) groups is 4. The number of aromatic nitrogens is 1. The van der Waals surface area contributed by atoms with Gasteiger partial charge in [-0.3, -0.25) is 19.3 Å². The fraction of sp³-hybridized carbons (Fsp3) is 0.450. The summed E-state index contributed by atoms with van der Waals surface area (Å²) in [7, 11) is 1.27. The Morgan fingerprint density at radius 2 is 2.18 bits per heavy atom. The predicted octanol–water partition coefficient (Wildman–Crippen LogP) is 0.469. The Kier molecular flexibility index (Phi) is 8.00. The molecule has 3 rings (SSSR count). The number of thioether (sulfide) groups is 2. The van der Waals surface area contributed by atoms with Gasteiger partial charge >= 0.3 is 11.9 Å². The monoisotopic (exact) mass is 496 g/mol. The molecule has 178 valence electrons. The summed E-state index contributed by atoms with van der Waals surface area (Å²) in [5, 5.41) is 21.2. The Hall–Kier alpha value is -2.61. The molecule has 0 radical (unpaired) electrons. The van der Waals surface area contributed by atoms with Crippen molar-refractivity contribution in [1.29, 1.82) is 0 Å². The molecule has 13 heteroatoms. The van der Waals surface area contributed by atoms with E-state index in [0.717, 1.165) is 9.93 Å². The van der Waals surface area contributed by atoms with E-state index in [9.17, 15) is 24.3 Å². The molecule has 1 unspecified atom stereocenters. The van der Waals surface area contributed by atoms with Crippen LogP contribution in [0.3, 0.4) is 0 Å². The van der Waals surface area contributed by atoms with Crippen molar-refractivity contribution in [2.24, 2.45) is 5.73 Å². The third-order valence-corrected chi connectivity index (χ3v) is 7.63. The Morgan fingerprint density at radius 3 is 2.79 bits per heavy atom. The second-order valence-electron chi connectivity index (χ2n) is 7.38. The average molecular weight is 497 g/mol. The zero-order valence-corrected chi connectivity index (χ0v) is 19.4. The molecule has 0 saturated carbocycles. The lowest BCUT2D eigenvalue weighted by Gasteiger charge is -2.55. The number of hydrogen-bond donors (Lipinski definition) is 4. The number of methoxy groups -OCH3 is 1. The first-order valence-electron chi connectivity index (χ1n) is 10.00. The summed E-state index contributed by atoms with van der Waals surface area (Å²) in [6, 6.07) is 4.35. The normalized spacial score (nSPS) is 22.9. The number of nitrogens with one attached hydrogen (secondary N) is 1. The van der Waals surface area contributed by atoms with Gasteiger partial charge in [-0.2, -0.15) is 0 Å². The van der Waals surface area contributed by atoms with Crippen molar-refractivity contribution in [1.82, 2.24) is 15.2 Å². The minimum absolute atomic E-state index is 0.0512. The number of carboxylic acid groups (broad SMARTS) is 2. The van der Waals surface area contributed by atoms with E-state index in [1.807, 2.05) is 12.1 Å². The standard InChI is InChI=1S/C20H24N4O7S2/c1-31-20(23-13(25)6-4-5-12(21)16(26)27)18(30)24-15(17(28)29)11(10-33-19(20)24)9-32-14-7-2-3-8-22-14/h2-3,7-8,12,19H,4-6,9-10,21H2,1H3,(H,23,25)(H,26,27)(H,28,29)/t12?,19-,20-/m0/s1. The molecule has 5 N–H and O–H groups in total. The molecule has 1 fully saturated rings. The molecule has 2 aliphatic rings. The number of fused-ring (bicyclic) bond motifs is 1. The molecule has 2 amide bonds. The topological polar surface area (TPSA) is 172 Å². The van der Waals surface area contributed by atoms with Gasteiger partial charge in [0.1, 0.15) is 17.1 Å². The fourth-order valence-corrected chi connectivity index (χ4v) is 5.96. The van der Waals surface area contributed by atoms with Crippen molar-refractivity contribution in [3.63, 3.8) is 0 Å². The van der Waals surface area contributed by atoms with Gasteiger partial charge in [-0.05, 0) is 30.5 Å². The maximum absolute atomic E-state index is 13.0. The van der Waals surface area contributed by atoms with E-state index >= 15 is 0 Å². The Bertz CT molecular complexity index is 974. The summed E-state index contributed by atoms with van der Waals surface area (Å²) in [6.45, 7) is 0. The number of nitrogens with two attached hydrogens (primary N) is 1. The molecule has 0 aliphatic carbocycles. The zero-order valence-electron chi connectivity index (χ0n) is 17.7. The number of carboxylic acids is 2. The quantitative estimate of drug-likeness (QED) is 0.191. The van der Waals surface area contributed by atoms with Crippen LogP contribution in [0.5, 0.6) is 0 Å². The number of amides is 2. The van der Waals surface area contributed by atoms with Gasteiger partial charge in [-0.25, -0.2) is 9.78 Å². The van der Waals surface area contributed by atoms with Crippen LogP contribution in [0.25, 0.3) is 0 Å². The highest BCUT2D eigenvalue weighted by Crippen LogP contribution is 2.47. The maximum Gasteiger partial charge on any atom is 0.352 e. The average Bonchev–Trinajstić information content (AvgIpc) is 2.80. The maximum atomic E-state index is 13.0.